The fourth-order valence-electron chi connectivity index (χ4n) is 1.85. The molecular formula is C15H20N4S. The van der Waals surface area contributed by atoms with Crippen LogP contribution in [0.5, 0.6) is 0 Å². The van der Waals surface area contributed by atoms with Gasteiger partial charge < -0.3 is 16.0 Å². The maximum absolute atomic E-state index is 7.64. The Hall–Kier alpha value is -2.06. The number of guanidine groups is 1. The third kappa shape index (κ3) is 4.56. The standard InChI is InChI=1S/C15H20N4S/c1-4-10-17-14(16)19-15(20)18-13-11(5-2)8-7-9-12(13)6-3/h1,7-9H,5-6,10H2,2-3H3,(H4,16,17,18,19,20). The lowest BCUT2D eigenvalue weighted by atomic mass is 10.0. The van der Waals surface area contributed by atoms with E-state index >= 15 is 0 Å². The smallest absolute Gasteiger partial charge is 0.195 e. The molecule has 0 atom stereocenters. The summed E-state index contributed by atoms with van der Waals surface area (Å²) >= 11 is 5.22. The number of hydrogen-bond acceptors (Lipinski definition) is 2. The van der Waals surface area contributed by atoms with Crippen molar-refractivity contribution < 1.29 is 0 Å². The molecule has 0 saturated heterocycles. The van der Waals surface area contributed by atoms with Crippen molar-refractivity contribution in [3.8, 4) is 12.3 Å². The molecule has 4 N–H and O–H groups in total. The molecule has 0 aliphatic rings. The Bertz CT molecular complexity index is 509. The number of para-hydroxylation sites is 1. The fraction of sp³-hybridized carbons (Fsp3) is 0.333. The molecule has 5 heteroatoms. The average Bonchev–Trinajstić information content (AvgIpc) is 2.45. The first-order chi connectivity index (χ1) is 9.62. The van der Waals surface area contributed by atoms with Gasteiger partial charge in [0.25, 0.3) is 0 Å². The van der Waals surface area contributed by atoms with Crippen molar-refractivity contribution in [3.05, 3.63) is 29.3 Å². The van der Waals surface area contributed by atoms with Gasteiger partial charge in [0.05, 0.1) is 6.54 Å². The lowest BCUT2D eigenvalue weighted by molar-refractivity contribution is 1.000. The molecule has 0 saturated carbocycles. The summed E-state index contributed by atoms with van der Waals surface area (Å²) in [5, 5.41) is 16.7. The molecule has 0 aliphatic heterocycles. The van der Waals surface area contributed by atoms with Gasteiger partial charge in [-0.15, -0.1) is 6.42 Å². The molecule has 0 amide bonds. The van der Waals surface area contributed by atoms with E-state index in [1.165, 1.54) is 11.1 Å². The molecule has 0 bridgehead atoms. The maximum Gasteiger partial charge on any atom is 0.195 e. The fourth-order valence-corrected chi connectivity index (χ4v) is 2.05. The Balaban J connectivity index is 2.75. The average molecular weight is 288 g/mol. The van der Waals surface area contributed by atoms with E-state index in [0.29, 0.717) is 11.7 Å². The maximum atomic E-state index is 7.64. The van der Waals surface area contributed by atoms with Crippen molar-refractivity contribution >= 4 is 29.0 Å². The summed E-state index contributed by atoms with van der Waals surface area (Å²) in [6.45, 7) is 4.50. The van der Waals surface area contributed by atoms with E-state index in [-0.39, 0.29) is 5.96 Å². The minimum Gasteiger partial charge on any atom is -0.345 e. The van der Waals surface area contributed by atoms with Gasteiger partial charge in [-0.3, -0.25) is 5.41 Å². The summed E-state index contributed by atoms with van der Waals surface area (Å²) in [7, 11) is 0. The van der Waals surface area contributed by atoms with Gasteiger partial charge in [0, 0.05) is 5.69 Å². The Kier molecular flexibility index (Phi) is 6.54. The monoisotopic (exact) mass is 288 g/mol. The number of rotatable bonds is 4. The highest BCUT2D eigenvalue weighted by Gasteiger charge is 2.08. The van der Waals surface area contributed by atoms with Crippen LogP contribution in [0, 0.1) is 17.8 Å². The molecule has 0 spiro atoms. The van der Waals surface area contributed by atoms with Crippen LogP contribution in [0.4, 0.5) is 5.69 Å². The largest absolute Gasteiger partial charge is 0.345 e. The van der Waals surface area contributed by atoms with Crippen molar-refractivity contribution in [1.82, 2.24) is 10.6 Å². The highest BCUT2D eigenvalue weighted by molar-refractivity contribution is 7.80. The van der Waals surface area contributed by atoms with E-state index in [0.717, 1.165) is 18.5 Å². The molecule has 1 aromatic rings. The predicted molar refractivity (Wildman–Crippen MR) is 89.1 cm³/mol. The van der Waals surface area contributed by atoms with Crippen molar-refractivity contribution in [2.75, 3.05) is 11.9 Å². The number of hydrogen-bond donors (Lipinski definition) is 4. The SMILES string of the molecule is C#CCNC(=N)NC(=S)Nc1c(CC)cccc1CC. The van der Waals surface area contributed by atoms with Crippen LogP contribution in [0.2, 0.25) is 0 Å². The molecule has 1 aromatic carbocycles. The second-order valence-electron chi connectivity index (χ2n) is 4.17. The minimum absolute atomic E-state index is 0.0903. The third-order valence-electron chi connectivity index (χ3n) is 2.84. The van der Waals surface area contributed by atoms with Gasteiger partial charge in [0.2, 0.25) is 0 Å². The van der Waals surface area contributed by atoms with Crippen LogP contribution < -0.4 is 16.0 Å². The first-order valence-corrected chi connectivity index (χ1v) is 6.97. The first-order valence-electron chi connectivity index (χ1n) is 6.57. The number of aryl methyl sites for hydroxylation is 2. The minimum atomic E-state index is 0.0903. The Morgan fingerprint density at radius 3 is 2.40 bits per heavy atom. The summed E-state index contributed by atoms with van der Waals surface area (Å²) in [6.07, 6.45) is 6.97. The van der Waals surface area contributed by atoms with Crippen LogP contribution in [-0.4, -0.2) is 17.6 Å². The van der Waals surface area contributed by atoms with E-state index in [1.54, 1.807) is 0 Å². The van der Waals surface area contributed by atoms with Crippen LogP contribution in [0.15, 0.2) is 18.2 Å². The van der Waals surface area contributed by atoms with Gasteiger partial charge >= 0.3 is 0 Å². The van der Waals surface area contributed by atoms with E-state index < -0.39 is 0 Å². The summed E-state index contributed by atoms with van der Waals surface area (Å²) in [5.74, 6) is 2.49. The number of benzene rings is 1. The zero-order chi connectivity index (χ0) is 15.0. The zero-order valence-corrected chi connectivity index (χ0v) is 12.7. The molecule has 0 unspecified atom stereocenters. The summed E-state index contributed by atoms with van der Waals surface area (Å²) in [4.78, 5) is 0. The number of anilines is 1. The highest BCUT2D eigenvalue weighted by Crippen LogP contribution is 2.22. The second kappa shape index (κ2) is 8.18. The van der Waals surface area contributed by atoms with Gasteiger partial charge in [-0.2, -0.15) is 0 Å². The summed E-state index contributed by atoms with van der Waals surface area (Å²) in [5.41, 5.74) is 3.44. The van der Waals surface area contributed by atoms with Gasteiger partial charge in [-0.25, -0.2) is 0 Å². The quantitative estimate of drug-likeness (QED) is 0.297. The van der Waals surface area contributed by atoms with Crippen LogP contribution in [0.1, 0.15) is 25.0 Å². The molecule has 1 rings (SSSR count). The predicted octanol–water partition coefficient (Wildman–Crippen LogP) is 2.26. The first kappa shape index (κ1) is 16.0. The topological polar surface area (TPSA) is 59.9 Å². The molecule has 0 radical (unpaired) electrons. The third-order valence-corrected chi connectivity index (χ3v) is 3.05. The Morgan fingerprint density at radius 1 is 1.30 bits per heavy atom. The van der Waals surface area contributed by atoms with Crippen LogP contribution in [0.25, 0.3) is 0 Å². The highest BCUT2D eigenvalue weighted by atomic mass is 32.1. The van der Waals surface area contributed by atoms with Gasteiger partial charge in [-0.05, 0) is 36.2 Å². The lowest BCUT2D eigenvalue weighted by Crippen LogP contribution is -2.42. The molecule has 0 heterocycles. The number of thiocarbonyl (C=S) groups is 1. The van der Waals surface area contributed by atoms with Crippen molar-refractivity contribution in [3.63, 3.8) is 0 Å². The molecule has 106 valence electrons. The Morgan fingerprint density at radius 2 is 1.90 bits per heavy atom. The van der Waals surface area contributed by atoms with Crippen molar-refractivity contribution in [1.29, 1.82) is 5.41 Å². The lowest BCUT2D eigenvalue weighted by Gasteiger charge is -2.17. The molecule has 20 heavy (non-hydrogen) atoms. The van der Waals surface area contributed by atoms with Crippen molar-refractivity contribution in [2.45, 2.75) is 26.7 Å². The number of terminal acetylenes is 1. The second-order valence-corrected chi connectivity index (χ2v) is 4.58. The van der Waals surface area contributed by atoms with Crippen LogP contribution in [-0.2, 0) is 12.8 Å². The summed E-state index contributed by atoms with van der Waals surface area (Å²) < 4.78 is 0. The van der Waals surface area contributed by atoms with Gasteiger partial charge in [0.15, 0.2) is 11.1 Å². The summed E-state index contributed by atoms with van der Waals surface area (Å²) in [6, 6.07) is 6.20. The van der Waals surface area contributed by atoms with Crippen LogP contribution in [0.3, 0.4) is 0 Å². The van der Waals surface area contributed by atoms with Crippen LogP contribution >= 0.6 is 12.2 Å². The van der Waals surface area contributed by atoms with Gasteiger partial charge in [0.1, 0.15) is 0 Å². The Labute approximate surface area is 125 Å². The normalized spacial score (nSPS) is 9.45. The van der Waals surface area contributed by atoms with Crippen molar-refractivity contribution in [2.24, 2.45) is 0 Å². The van der Waals surface area contributed by atoms with E-state index in [9.17, 15) is 0 Å². The molecule has 0 aromatic heterocycles. The van der Waals surface area contributed by atoms with E-state index in [2.05, 4.69) is 53.9 Å². The van der Waals surface area contributed by atoms with Gasteiger partial charge in [-0.1, -0.05) is 38.0 Å². The van der Waals surface area contributed by atoms with E-state index in [4.69, 9.17) is 24.1 Å². The molecule has 0 fully saturated rings. The van der Waals surface area contributed by atoms with E-state index in [1.807, 2.05) is 0 Å². The molecule has 4 nitrogen and oxygen atoms in total. The zero-order valence-electron chi connectivity index (χ0n) is 11.8. The number of nitrogens with one attached hydrogen (secondary N) is 4. The molecule has 0 aliphatic carbocycles. The molecular weight excluding hydrogens is 268 g/mol.